The van der Waals surface area contributed by atoms with Gasteiger partial charge in [0.05, 0.1) is 11.8 Å². The summed E-state index contributed by atoms with van der Waals surface area (Å²) in [6.07, 6.45) is 8.71. The number of rotatable bonds is 6. The van der Waals surface area contributed by atoms with Gasteiger partial charge in [-0.05, 0) is 38.3 Å². The van der Waals surface area contributed by atoms with Crippen LogP contribution in [0.15, 0.2) is 18.6 Å². The van der Waals surface area contributed by atoms with Crippen molar-refractivity contribution in [1.82, 2.24) is 15.3 Å². The van der Waals surface area contributed by atoms with Crippen molar-refractivity contribution in [1.29, 1.82) is 0 Å². The Balaban J connectivity index is 1.52. The van der Waals surface area contributed by atoms with E-state index in [0.29, 0.717) is 6.10 Å². The summed E-state index contributed by atoms with van der Waals surface area (Å²) in [5.41, 5.74) is 1.05. The molecule has 1 unspecified atom stereocenters. The van der Waals surface area contributed by atoms with Gasteiger partial charge < -0.3 is 10.1 Å². The molecule has 4 heteroatoms. The Kier molecular flexibility index (Phi) is 4.70. The number of hydrogen-bond donors (Lipinski definition) is 1. The van der Waals surface area contributed by atoms with Gasteiger partial charge in [0.15, 0.2) is 0 Å². The molecule has 1 saturated heterocycles. The molecule has 1 aromatic heterocycles. The van der Waals surface area contributed by atoms with E-state index in [4.69, 9.17) is 4.74 Å². The first-order valence-electron chi connectivity index (χ1n) is 6.02. The van der Waals surface area contributed by atoms with E-state index < -0.39 is 0 Å². The van der Waals surface area contributed by atoms with E-state index in [0.717, 1.165) is 25.4 Å². The molecular formula is C12H19N3O. The SMILES string of the molecule is c1cc(CNCCCC2CCCO2)ncn1. The predicted octanol–water partition coefficient (Wildman–Crippen LogP) is 1.53. The van der Waals surface area contributed by atoms with Crippen molar-refractivity contribution in [3.8, 4) is 0 Å². The van der Waals surface area contributed by atoms with Crippen LogP contribution in [0, 0.1) is 0 Å². The van der Waals surface area contributed by atoms with Gasteiger partial charge in [-0.2, -0.15) is 0 Å². The Morgan fingerprint density at radius 2 is 2.50 bits per heavy atom. The highest BCUT2D eigenvalue weighted by molar-refractivity contribution is 4.96. The van der Waals surface area contributed by atoms with E-state index in [-0.39, 0.29) is 0 Å². The van der Waals surface area contributed by atoms with E-state index >= 15 is 0 Å². The van der Waals surface area contributed by atoms with E-state index in [1.165, 1.54) is 25.7 Å². The molecule has 1 fully saturated rings. The maximum absolute atomic E-state index is 5.57. The van der Waals surface area contributed by atoms with Gasteiger partial charge in [0.25, 0.3) is 0 Å². The first-order valence-corrected chi connectivity index (χ1v) is 6.02. The predicted molar refractivity (Wildman–Crippen MR) is 61.9 cm³/mol. The van der Waals surface area contributed by atoms with E-state index in [2.05, 4.69) is 15.3 Å². The fourth-order valence-electron chi connectivity index (χ4n) is 1.97. The molecule has 1 aromatic rings. The van der Waals surface area contributed by atoms with Crippen LogP contribution in [-0.2, 0) is 11.3 Å². The monoisotopic (exact) mass is 221 g/mol. The van der Waals surface area contributed by atoms with Gasteiger partial charge in [0.2, 0.25) is 0 Å². The van der Waals surface area contributed by atoms with Crippen LogP contribution < -0.4 is 5.32 Å². The summed E-state index contributed by atoms with van der Waals surface area (Å²) >= 11 is 0. The normalized spacial score (nSPS) is 20.1. The van der Waals surface area contributed by atoms with E-state index in [1.54, 1.807) is 12.5 Å². The highest BCUT2D eigenvalue weighted by Gasteiger charge is 2.14. The van der Waals surface area contributed by atoms with Crippen molar-refractivity contribution in [2.45, 2.75) is 38.3 Å². The van der Waals surface area contributed by atoms with Gasteiger partial charge in [-0.3, -0.25) is 0 Å². The molecule has 0 spiro atoms. The van der Waals surface area contributed by atoms with Gasteiger partial charge in [0, 0.05) is 19.3 Å². The Hall–Kier alpha value is -1.00. The Morgan fingerprint density at radius 3 is 3.25 bits per heavy atom. The fraction of sp³-hybridized carbons (Fsp3) is 0.667. The van der Waals surface area contributed by atoms with Gasteiger partial charge in [0.1, 0.15) is 6.33 Å². The highest BCUT2D eigenvalue weighted by Crippen LogP contribution is 2.16. The van der Waals surface area contributed by atoms with E-state index in [9.17, 15) is 0 Å². The molecular weight excluding hydrogens is 202 g/mol. The third-order valence-corrected chi connectivity index (χ3v) is 2.85. The second kappa shape index (κ2) is 6.55. The van der Waals surface area contributed by atoms with Crippen LogP contribution >= 0.6 is 0 Å². The van der Waals surface area contributed by atoms with Crippen molar-refractivity contribution in [3.63, 3.8) is 0 Å². The molecule has 0 bridgehead atoms. The smallest absolute Gasteiger partial charge is 0.115 e. The third-order valence-electron chi connectivity index (χ3n) is 2.85. The minimum Gasteiger partial charge on any atom is -0.378 e. The van der Waals surface area contributed by atoms with Crippen molar-refractivity contribution >= 4 is 0 Å². The summed E-state index contributed by atoms with van der Waals surface area (Å²) in [5, 5.41) is 3.38. The lowest BCUT2D eigenvalue weighted by molar-refractivity contribution is 0.102. The number of nitrogens with one attached hydrogen (secondary N) is 1. The standard InChI is InChI=1S/C12H19N3O/c1(3-12-4-2-8-16-12)6-13-9-11-5-7-14-10-15-11/h5,7,10,12-13H,1-4,6,8-9H2. The number of hydrogen-bond acceptors (Lipinski definition) is 4. The van der Waals surface area contributed by atoms with Gasteiger partial charge in [-0.25, -0.2) is 9.97 Å². The van der Waals surface area contributed by atoms with Crippen molar-refractivity contribution in [2.24, 2.45) is 0 Å². The van der Waals surface area contributed by atoms with Gasteiger partial charge in [-0.15, -0.1) is 0 Å². The maximum Gasteiger partial charge on any atom is 0.115 e. The minimum atomic E-state index is 0.515. The van der Waals surface area contributed by atoms with Crippen LogP contribution in [0.1, 0.15) is 31.4 Å². The number of aromatic nitrogens is 2. The van der Waals surface area contributed by atoms with Crippen LogP contribution in [-0.4, -0.2) is 29.2 Å². The summed E-state index contributed by atoms with van der Waals surface area (Å²) in [6.45, 7) is 2.82. The Bertz CT molecular complexity index is 286. The molecule has 0 saturated carbocycles. The van der Waals surface area contributed by atoms with Crippen LogP contribution in [0.2, 0.25) is 0 Å². The molecule has 0 radical (unpaired) electrons. The summed E-state index contributed by atoms with van der Waals surface area (Å²) < 4.78 is 5.57. The van der Waals surface area contributed by atoms with Crippen molar-refractivity contribution in [3.05, 3.63) is 24.3 Å². The molecule has 1 aliphatic rings. The summed E-state index contributed by atoms with van der Waals surface area (Å²) in [6, 6.07) is 1.94. The molecule has 1 N–H and O–H groups in total. The van der Waals surface area contributed by atoms with Gasteiger partial charge >= 0.3 is 0 Å². The Morgan fingerprint density at radius 1 is 1.50 bits per heavy atom. The van der Waals surface area contributed by atoms with Crippen LogP contribution in [0.25, 0.3) is 0 Å². The van der Waals surface area contributed by atoms with Crippen LogP contribution in [0.4, 0.5) is 0 Å². The molecule has 1 atom stereocenters. The van der Waals surface area contributed by atoms with Crippen molar-refractivity contribution in [2.75, 3.05) is 13.2 Å². The lowest BCUT2D eigenvalue weighted by Gasteiger charge is -2.09. The first kappa shape index (κ1) is 11.5. The largest absolute Gasteiger partial charge is 0.378 e. The molecule has 16 heavy (non-hydrogen) atoms. The second-order valence-electron chi connectivity index (χ2n) is 4.15. The summed E-state index contributed by atoms with van der Waals surface area (Å²) in [4.78, 5) is 8.04. The average Bonchev–Trinajstić information content (AvgIpc) is 2.83. The second-order valence-corrected chi connectivity index (χ2v) is 4.15. The molecule has 2 heterocycles. The quantitative estimate of drug-likeness (QED) is 0.740. The third kappa shape index (κ3) is 3.87. The highest BCUT2D eigenvalue weighted by atomic mass is 16.5. The summed E-state index contributed by atoms with van der Waals surface area (Å²) in [7, 11) is 0. The molecule has 88 valence electrons. The van der Waals surface area contributed by atoms with Crippen LogP contribution in [0.3, 0.4) is 0 Å². The summed E-state index contributed by atoms with van der Waals surface area (Å²) in [5.74, 6) is 0. The van der Waals surface area contributed by atoms with Crippen molar-refractivity contribution < 1.29 is 4.74 Å². The molecule has 0 aromatic carbocycles. The first-order chi connectivity index (χ1) is 7.95. The molecule has 1 aliphatic heterocycles. The molecule has 0 aliphatic carbocycles. The number of nitrogens with zero attached hydrogens (tertiary/aromatic N) is 2. The zero-order valence-electron chi connectivity index (χ0n) is 9.56. The molecule has 0 amide bonds. The minimum absolute atomic E-state index is 0.515. The maximum atomic E-state index is 5.57. The fourth-order valence-corrected chi connectivity index (χ4v) is 1.97. The molecule has 2 rings (SSSR count). The van der Waals surface area contributed by atoms with Gasteiger partial charge in [-0.1, -0.05) is 0 Å². The lowest BCUT2D eigenvalue weighted by Crippen LogP contribution is -2.17. The average molecular weight is 221 g/mol. The Labute approximate surface area is 96.4 Å². The topological polar surface area (TPSA) is 47.0 Å². The number of ether oxygens (including phenoxy) is 1. The lowest BCUT2D eigenvalue weighted by atomic mass is 10.1. The zero-order chi connectivity index (χ0) is 11.1. The zero-order valence-corrected chi connectivity index (χ0v) is 9.56. The molecule has 4 nitrogen and oxygen atoms in total. The van der Waals surface area contributed by atoms with E-state index in [1.807, 2.05) is 6.07 Å². The van der Waals surface area contributed by atoms with Crippen LogP contribution in [0.5, 0.6) is 0 Å².